The van der Waals surface area contributed by atoms with E-state index in [2.05, 4.69) is 9.05 Å². The molecule has 19 heavy (non-hydrogen) atoms. The Hall–Kier alpha value is -0.880. The van der Waals surface area contributed by atoms with Crippen LogP contribution in [0, 0.1) is 0 Å². The summed E-state index contributed by atoms with van der Waals surface area (Å²) in [4.78, 5) is 0. The van der Waals surface area contributed by atoms with Crippen molar-refractivity contribution in [3.8, 4) is 5.75 Å². The summed E-state index contributed by atoms with van der Waals surface area (Å²) in [5.41, 5.74) is -0.0569. The van der Waals surface area contributed by atoms with Gasteiger partial charge in [0.05, 0.1) is 12.9 Å². The Kier molecular flexibility index (Phi) is 5.55. The molecule has 0 fully saturated rings. The van der Waals surface area contributed by atoms with E-state index < -0.39 is 22.9 Å². The van der Waals surface area contributed by atoms with E-state index in [1.807, 2.05) is 0 Å². The molecular formula is C11H17O6PS. The van der Waals surface area contributed by atoms with Crippen molar-refractivity contribution in [2.45, 2.75) is 5.75 Å². The molecule has 0 aliphatic heterocycles. The Morgan fingerprint density at radius 2 is 1.58 bits per heavy atom. The zero-order chi connectivity index (χ0) is 14.5. The van der Waals surface area contributed by atoms with Crippen molar-refractivity contribution in [1.29, 1.82) is 0 Å². The van der Waals surface area contributed by atoms with E-state index in [9.17, 15) is 13.0 Å². The number of rotatable bonds is 7. The minimum absolute atomic E-state index is 0.228. The summed E-state index contributed by atoms with van der Waals surface area (Å²) in [6.45, 7) is 0. The maximum atomic E-state index is 11.9. The molecular weight excluding hydrogens is 291 g/mol. The van der Waals surface area contributed by atoms with Crippen molar-refractivity contribution in [2.24, 2.45) is 0 Å². The molecule has 0 radical (unpaired) electrons. The molecule has 0 bridgehead atoms. The van der Waals surface area contributed by atoms with Gasteiger partial charge in [-0.25, -0.2) is 8.42 Å². The predicted octanol–water partition coefficient (Wildman–Crippen LogP) is 2.05. The summed E-state index contributed by atoms with van der Waals surface area (Å²) in [5, 5.41) is 0. The number of benzene rings is 1. The van der Waals surface area contributed by atoms with Crippen LogP contribution in [0.4, 0.5) is 0 Å². The fraction of sp³-hybridized carbons (Fsp3) is 0.455. The van der Waals surface area contributed by atoms with Gasteiger partial charge < -0.3 is 13.8 Å². The van der Waals surface area contributed by atoms with Crippen LogP contribution in [0.3, 0.4) is 0 Å². The lowest BCUT2D eigenvalue weighted by molar-refractivity contribution is 0.280. The Morgan fingerprint density at radius 3 is 2.00 bits per heavy atom. The van der Waals surface area contributed by atoms with E-state index in [0.29, 0.717) is 11.3 Å². The maximum Gasteiger partial charge on any atom is 0.345 e. The molecule has 6 nitrogen and oxygen atoms in total. The molecule has 0 saturated carbocycles. The highest BCUT2D eigenvalue weighted by molar-refractivity contribution is 7.97. The highest BCUT2D eigenvalue weighted by atomic mass is 32.2. The summed E-state index contributed by atoms with van der Waals surface area (Å²) < 4.78 is 49.9. The maximum absolute atomic E-state index is 11.9. The zero-order valence-corrected chi connectivity index (χ0v) is 12.7. The molecule has 108 valence electrons. The Balaban J connectivity index is 2.81. The van der Waals surface area contributed by atoms with E-state index >= 15 is 0 Å². The summed E-state index contributed by atoms with van der Waals surface area (Å²) in [6.07, 6.45) is 0. The van der Waals surface area contributed by atoms with Gasteiger partial charge in [-0.2, -0.15) is 0 Å². The number of hydrogen-bond acceptors (Lipinski definition) is 6. The minimum Gasteiger partial charge on any atom is -0.497 e. The topological polar surface area (TPSA) is 78.9 Å². The molecule has 0 atom stereocenters. The van der Waals surface area contributed by atoms with Crippen LogP contribution in [0.5, 0.6) is 5.75 Å². The number of methoxy groups -OCH3 is 1. The van der Waals surface area contributed by atoms with Gasteiger partial charge in [0.1, 0.15) is 5.75 Å². The summed E-state index contributed by atoms with van der Waals surface area (Å²) in [5.74, 6) is 0.411. The molecule has 1 aromatic carbocycles. The third-order valence-electron chi connectivity index (χ3n) is 2.46. The standard InChI is InChI=1S/C11H17O6PS/c1-15-11-6-4-10(5-7-11)8-19(13,14)9-18(12,16-2)17-3/h4-7H,8-9H2,1-3H3. The molecule has 0 N–H and O–H groups in total. The van der Waals surface area contributed by atoms with Crippen LogP contribution in [0.1, 0.15) is 5.56 Å². The highest BCUT2D eigenvalue weighted by Crippen LogP contribution is 2.47. The van der Waals surface area contributed by atoms with Crippen molar-refractivity contribution < 1.29 is 26.8 Å². The smallest absolute Gasteiger partial charge is 0.345 e. The van der Waals surface area contributed by atoms with Crippen molar-refractivity contribution >= 4 is 17.4 Å². The number of ether oxygens (including phenoxy) is 1. The Morgan fingerprint density at radius 1 is 1.05 bits per heavy atom. The van der Waals surface area contributed by atoms with E-state index in [4.69, 9.17) is 4.74 Å². The predicted molar refractivity (Wildman–Crippen MR) is 72.1 cm³/mol. The molecule has 0 aliphatic carbocycles. The molecule has 0 heterocycles. The van der Waals surface area contributed by atoms with Crippen LogP contribution < -0.4 is 4.74 Å². The minimum atomic E-state index is -3.59. The van der Waals surface area contributed by atoms with Crippen molar-refractivity contribution in [2.75, 3.05) is 26.8 Å². The van der Waals surface area contributed by atoms with E-state index in [1.165, 1.54) is 7.11 Å². The van der Waals surface area contributed by atoms with Gasteiger partial charge >= 0.3 is 7.60 Å². The Bertz CT molecular complexity index is 543. The lowest BCUT2D eigenvalue weighted by atomic mass is 10.2. The fourth-order valence-corrected chi connectivity index (χ4v) is 5.43. The summed E-state index contributed by atoms with van der Waals surface area (Å²) >= 11 is 0. The number of hydrogen-bond donors (Lipinski definition) is 0. The fourth-order valence-electron chi connectivity index (χ4n) is 1.44. The molecule has 0 aromatic heterocycles. The normalized spacial score (nSPS) is 12.4. The van der Waals surface area contributed by atoms with Crippen LogP contribution in [-0.2, 0) is 29.2 Å². The highest BCUT2D eigenvalue weighted by Gasteiger charge is 2.29. The van der Waals surface area contributed by atoms with Crippen LogP contribution in [0.2, 0.25) is 0 Å². The molecule has 1 aromatic rings. The molecule has 0 unspecified atom stereocenters. The van der Waals surface area contributed by atoms with Crippen molar-refractivity contribution in [3.05, 3.63) is 29.8 Å². The van der Waals surface area contributed by atoms with Gasteiger partial charge in [-0.1, -0.05) is 12.1 Å². The van der Waals surface area contributed by atoms with Gasteiger partial charge in [-0.15, -0.1) is 0 Å². The Labute approximate surface area is 113 Å². The van der Waals surface area contributed by atoms with Gasteiger partial charge in [0.15, 0.2) is 15.3 Å². The van der Waals surface area contributed by atoms with Gasteiger partial charge in [0.25, 0.3) is 0 Å². The summed E-state index contributed by atoms with van der Waals surface area (Å²) in [7, 11) is -3.31. The van der Waals surface area contributed by atoms with Gasteiger partial charge in [0, 0.05) is 14.2 Å². The second-order valence-corrected chi connectivity index (χ2v) is 8.60. The van der Waals surface area contributed by atoms with E-state index in [1.54, 1.807) is 24.3 Å². The largest absolute Gasteiger partial charge is 0.497 e. The van der Waals surface area contributed by atoms with Crippen LogP contribution in [-0.4, -0.2) is 35.2 Å². The molecule has 0 spiro atoms. The lowest BCUT2D eigenvalue weighted by Gasteiger charge is -2.13. The monoisotopic (exact) mass is 308 g/mol. The average Bonchev–Trinajstić information content (AvgIpc) is 2.38. The SMILES string of the molecule is COc1ccc(CS(=O)(=O)CP(=O)(OC)OC)cc1. The average molecular weight is 308 g/mol. The molecule has 0 amide bonds. The first kappa shape index (κ1) is 16.2. The number of sulfone groups is 1. The van der Waals surface area contributed by atoms with Crippen molar-refractivity contribution in [3.63, 3.8) is 0 Å². The van der Waals surface area contributed by atoms with Crippen LogP contribution in [0.15, 0.2) is 24.3 Å². The van der Waals surface area contributed by atoms with Crippen molar-refractivity contribution in [1.82, 2.24) is 0 Å². The van der Waals surface area contributed by atoms with Gasteiger partial charge in [0.2, 0.25) is 0 Å². The van der Waals surface area contributed by atoms with E-state index in [0.717, 1.165) is 14.2 Å². The lowest BCUT2D eigenvalue weighted by Crippen LogP contribution is -2.11. The van der Waals surface area contributed by atoms with E-state index in [-0.39, 0.29) is 5.75 Å². The quantitative estimate of drug-likeness (QED) is 0.717. The summed E-state index contributed by atoms with van der Waals surface area (Å²) in [6, 6.07) is 6.61. The first-order chi connectivity index (χ1) is 8.84. The zero-order valence-electron chi connectivity index (χ0n) is 11.0. The molecule has 0 aliphatic rings. The van der Waals surface area contributed by atoms with Gasteiger partial charge in [-0.05, 0) is 17.7 Å². The first-order valence-electron chi connectivity index (χ1n) is 5.38. The molecule has 0 saturated heterocycles. The van der Waals surface area contributed by atoms with Crippen LogP contribution in [0.25, 0.3) is 0 Å². The van der Waals surface area contributed by atoms with Crippen LogP contribution >= 0.6 is 7.60 Å². The first-order valence-corrected chi connectivity index (χ1v) is 8.93. The molecule has 1 rings (SSSR count). The third kappa shape index (κ3) is 4.95. The second-order valence-electron chi connectivity index (χ2n) is 3.84. The third-order valence-corrected chi connectivity index (χ3v) is 7.18. The van der Waals surface area contributed by atoms with Gasteiger partial charge in [-0.3, -0.25) is 4.57 Å². The second kappa shape index (κ2) is 6.52. The molecule has 8 heteroatoms.